The lowest BCUT2D eigenvalue weighted by molar-refractivity contribution is -0.0116. The van der Waals surface area contributed by atoms with Crippen LogP contribution >= 0.6 is 27.3 Å². The Bertz CT molecular complexity index is 345. The zero-order valence-corrected chi connectivity index (χ0v) is 13.6. The highest BCUT2D eigenvalue weighted by Gasteiger charge is 2.34. The topological polar surface area (TPSA) is 21.3 Å². The van der Waals surface area contributed by atoms with Crippen LogP contribution in [-0.4, -0.2) is 19.8 Å². The fraction of sp³-hybridized carbons (Fsp3) is 0.692. The molecule has 4 heteroatoms. The number of nitrogens with one attached hydrogen (secondary N) is 1. The van der Waals surface area contributed by atoms with Gasteiger partial charge in [0.15, 0.2) is 0 Å². The van der Waals surface area contributed by atoms with Gasteiger partial charge in [-0.1, -0.05) is 27.7 Å². The Morgan fingerprint density at radius 2 is 2.06 bits per heavy atom. The predicted octanol–water partition coefficient (Wildman–Crippen LogP) is 4.22. The number of ether oxygens (including phenoxy) is 1. The van der Waals surface area contributed by atoms with E-state index in [1.165, 1.54) is 10.0 Å². The number of rotatable bonds is 5. The quantitative estimate of drug-likeness (QED) is 0.877. The molecule has 0 amide bonds. The van der Waals surface area contributed by atoms with Crippen LogP contribution in [-0.2, 0) is 4.74 Å². The SMILES string of the molecule is CCNC(c1cscc1Br)C(OC)C(C)(C)C. The molecule has 0 radical (unpaired) electrons. The third-order valence-electron chi connectivity index (χ3n) is 2.81. The Morgan fingerprint density at radius 1 is 1.41 bits per heavy atom. The van der Waals surface area contributed by atoms with Crippen LogP contribution in [0.4, 0.5) is 0 Å². The van der Waals surface area contributed by atoms with E-state index in [0.717, 1.165) is 6.54 Å². The Kier molecular flexibility index (Phi) is 5.64. The molecular formula is C13H22BrNOS. The van der Waals surface area contributed by atoms with Gasteiger partial charge in [0, 0.05) is 17.0 Å². The summed E-state index contributed by atoms with van der Waals surface area (Å²) >= 11 is 5.33. The molecule has 2 unspecified atom stereocenters. The highest BCUT2D eigenvalue weighted by atomic mass is 79.9. The van der Waals surface area contributed by atoms with Crippen molar-refractivity contribution in [3.63, 3.8) is 0 Å². The average Bonchev–Trinajstić information content (AvgIpc) is 2.62. The molecule has 1 aromatic rings. The standard InChI is InChI=1S/C13H22BrNOS/c1-6-15-11(9-7-17-8-10(9)14)12(16-5)13(2,3)4/h7-8,11-12,15H,6H2,1-5H3. The second-order valence-electron chi connectivity index (χ2n) is 5.23. The number of hydrogen-bond acceptors (Lipinski definition) is 3. The smallest absolute Gasteiger partial charge is 0.0814 e. The summed E-state index contributed by atoms with van der Waals surface area (Å²) in [7, 11) is 1.79. The van der Waals surface area contributed by atoms with Crippen molar-refractivity contribution in [1.82, 2.24) is 5.32 Å². The minimum Gasteiger partial charge on any atom is -0.379 e. The Morgan fingerprint density at radius 3 is 2.41 bits per heavy atom. The highest BCUT2D eigenvalue weighted by molar-refractivity contribution is 9.10. The van der Waals surface area contributed by atoms with Crippen LogP contribution in [0.2, 0.25) is 0 Å². The van der Waals surface area contributed by atoms with Crippen LogP contribution in [0.5, 0.6) is 0 Å². The van der Waals surface area contributed by atoms with Crippen LogP contribution in [0.25, 0.3) is 0 Å². The third kappa shape index (κ3) is 3.78. The van der Waals surface area contributed by atoms with E-state index in [9.17, 15) is 0 Å². The molecule has 0 bridgehead atoms. The van der Waals surface area contributed by atoms with Gasteiger partial charge in [-0.05, 0) is 38.8 Å². The van der Waals surface area contributed by atoms with Gasteiger partial charge in [0.2, 0.25) is 0 Å². The lowest BCUT2D eigenvalue weighted by atomic mass is 9.82. The largest absolute Gasteiger partial charge is 0.379 e. The first-order valence-electron chi connectivity index (χ1n) is 5.89. The fourth-order valence-electron chi connectivity index (χ4n) is 2.10. The first kappa shape index (κ1) is 15.2. The Hall–Kier alpha value is 0.1000. The molecule has 0 aliphatic carbocycles. The molecule has 0 aliphatic rings. The molecular weight excluding hydrogens is 298 g/mol. The molecule has 2 atom stereocenters. The van der Waals surface area contributed by atoms with Gasteiger partial charge in [0.1, 0.15) is 0 Å². The monoisotopic (exact) mass is 319 g/mol. The van der Waals surface area contributed by atoms with Gasteiger partial charge in [-0.3, -0.25) is 0 Å². The average molecular weight is 320 g/mol. The van der Waals surface area contributed by atoms with E-state index in [0.29, 0.717) is 0 Å². The molecule has 2 nitrogen and oxygen atoms in total. The van der Waals surface area contributed by atoms with Gasteiger partial charge >= 0.3 is 0 Å². The van der Waals surface area contributed by atoms with E-state index in [2.05, 4.69) is 59.7 Å². The Labute approximate surface area is 117 Å². The van der Waals surface area contributed by atoms with Gasteiger partial charge in [-0.25, -0.2) is 0 Å². The first-order chi connectivity index (χ1) is 7.91. The first-order valence-corrected chi connectivity index (χ1v) is 7.63. The second kappa shape index (κ2) is 6.32. The van der Waals surface area contributed by atoms with E-state index in [-0.39, 0.29) is 17.6 Å². The summed E-state index contributed by atoms with van der Waals surface area (Å²) in [6, 6.07) is 0.227. The molecule has 98 valence electrons. The number of likely N-dealkylation sites (N-methyl/N-ethyl adjacent to an activating group) is 1. The van der Waals surface area contributed by atoms with Gasteiger partial charge in [0.25, 0.3) is 0 Å². The zero-order valence-electron chi connectivity index (χ0n) is 11.2. The number of methoxy groups -OCH3 is 1. The molecule has 0 aliphatic heterocycles. The number of halogens is 1. The van der Waals surface area contributed by atoms with E-state index < -0.39 is 0 Å². The van der Waals surface area contributed by atoms with E-state index in [4.69, 9.17) is 4.74 Å². The molecule has 17 heavy (non-hydrogen) atoms. The van der Waals surface area contributed by atoms with Gasteiger partial charge in [-0.15, -0.1) is 0 Å². The third-order valence-corrected chi connectivity index (χ3v) is 4.56. The van der Waals surface area contributed by atoms with Crippen LogP contribution in [0, 0.1) is 5.41 Å². The maximum absolute atomic E-state index is 5.73. The van der Waals surface area contributed by atoms with Crippen LogP contribution in [0.3, 0.4) is 0 Å². The minimum absolute atomic E-state index is 0.100. The summed E-state index contributed by atoms with van der Waals surface area (Å²) in [5.74, 6) is 0. The van der Waals surface area contributed by atoms with Gasteiger partial charge < -0.3 is 10.1 Å². The molecule has 0 saturated heterocycles. The summed E-state index contributed by atoms with van der Waals surface area (Å²) in [6.07, 6.45) is 0.147. The molecule has 0 aromatic carbocycles. The summed E-state index contributed by atoms with van der Waals surface area (Å²) in [5.41, 5.74) is 1.39. The zero-order chi connectivity index (χ0) is 13.1. The van der Waals surface area contributed by atoms with Crippen molar-refractivity contribution in [3.8, 4) is 0 Å². The van der Waals surface area contributed by atoms with Crippen LogP contribution in [0.1, 0.15) is 39.3 Å². The van der Waals surface area contributed by atoms with E-state index in [1.807, 2.05) is 0 Å². The number of hydrogen-bond donors (Lipinski definition) is 1. The summed E-state index contributed by atoms with van der Waals surface area (Å²) in [5, 5.41) is 7.84. The highest BCUT2D eigenvalue weighted by Crippen LogP contribution is 2.36. The molecule has 1 heterocycles. The van der Waals surface area contributed by atoms with Crippen LogP contribution in [0.15, 0.2) is 15.2 Å². The van der Waals surface area contributed by atoms with E-state index in [1.54, 1.807) is 18.4 Å². The van der Waals surface area contributed by atoms with Crippen LogP contribution < -0.4 is 5.32 Å². The number of thiophene rings is 1. The maximum atomic E-state index is 5.73. The van der Waals surface area contributed by atoms with Crippen molar-refractivity contribution in [2.75, 3.05) is 13.7 Å². The van der Waals surface area contributed by atoms with E-state index >= 15 is 0 Å². The van der Waals surface area contributed by atoms with Gasteiger partial charge in [-0.2, -0.15) is 11.3 Å². The normalized spacial score (nSPS) is 15.9. The molecule has 0 spiro atoms. The molecule has 1 rings (SSSR count). The van der Waals surface area contributed by atoms with Crippen molar-refractivity contribution < 1.29 is 4.74 Å². The Balaban J connectivity index is 3.04. The van der Waals surface area contributed by atoms with Gasteiger partial charge in [0.05, 0.1) is 12.1 Å². The maximum Gasteiger partial charge on any atom is 0.0814 e. The fourth-order valence-corrected chi connectivity index (χ4v) is 3.68. The molecule has 0 saturated carbocycles. The lowest BCUT2D eigenvalue weighted by Gasteiger charge is -2.36. The van der Waals surface area contributed by atoms with Crippen molar-refractivity contribution in [2.45, 2.75) is 39.8 Å². The minimum atomic E-state index is 0.100. The van der Waals surface area contributed by atoms with Crippen molar-refractivity contribution in [1.29, 1.82) is 0 Å². The molecule has 1 aromatic heterocycles. The summed E-state index contributed by atoms with van der Waals surface area (Å²) < 4.78 is 6.90. The second-order valence-corrected chi connectivity index (χ2v) is 6.83. The lowest BCUT2D eigenvalue weighted by Crippen LogP contribution is -2.41. The van der Waals surface area contributed by atoms with Crippen molar-refractivity contribution >= 4 is 27.3 Å². The summed E-state index contributed by atoms with van der Waals surface area (Å²) in [4.78, 5) is 0. The molecule has 1 N–H and O–H groups in total. The summed E-state index contributed by atoms with van der Waals surface area (Å²) in [6.45, 7) is 9.70. The molecule has 0 fully saturated rings. The van der Waals surface area contributed by atoms with Crippen molar-refractivity contribution in [3.05, 3.63) is 20.8 Å². The predicted molar refractivity (Wildman–Crippen MR) is 78.7 cm³/mol. The van der Waals surface area contributed by atoms with Crippen molar-refractivity contribution in [2.24, 2.45) is 5.41 Å².